The number of hydrogen-bond acceptors (Lipinski definition) is 6. The highest BCUT2D eigenvalue weighted by molar-refractivity contribution is 7.80. The summed E-state index contributed by atoms with van der Waals surface area (Å²) in [4.78, 5) is 18.5. The zero-order valence-electron chi connectivity index (χ0n) is 5.80. The molecule has 0 rings (SSSR count). The van der Waals surface area contributed by atoms with Gasteiger partial charge in [-0.25, -0.2) is 4.79 Å². The van der Waals surface area contributed by atoms with Gasteiger partial charge >= 0.3 is 16.3 Å². The molecule has 0 aliphatic carbocycles. The maximum atomic E-state index is 9.76. The highest BCUT2D eigenvalue weighted by Crippen LogP contribution is 1.80. The molecule has 0 aliphatic heterocycles. The van der Waals surface area contributed by atoms with Crippen molar-refractivity contribution in [1.29, 1.82) is 0 Å². The number of rotatable bonds is 2. The predicted molar refractivity (Wildman–Crippen MR) is 44.1 cm³/mol. The summed E-state index contributed by atoms with van der Waals surface area (Å²) in [7, 11) is -2.63. The molecule has 0 aromatic heterocycles. The van der Waals surface area contributed by atoms with E-state index in [2.05, 4.69) is 12.6 Å². The summed E-state index contributed by atoms with van der Waals surface area (Å²) in [5.74, 6) is -0.815. The normalized spacial score (nSPS) is 10.2. The Labute approximate surface area is 75.3 Å². The molecule has 1 unspecified atom stereocenters. The molecule has 12 heavy (non-hydrogen) atoms. The third-order valence-electron chi connectivity index (χ3n) is 0.582. The van der Waals surface area contributed by atoms with Gasteiger partial charge in [0, 0.05) is 5.75 Å². The molecule has 0 amide bonds. The van der Waals surface area contributed by atoms with Crippen LogP contribution in [0.4, 0.5) is 0 Å². The van der Waals surface area contributed by atoms with Gasteiger partial charge in [0.2, 0.25) is 0 Å². The van der Waals surface area contributed by atoms with Crippen LogP contribution >= 0.6 is 12.6 Å². The summed E-state index contributed by atoms with van der Waals surface area (Å²) in [5, 5.41) is 8.70. The first-order valence-electron chi connectivity index (χ1n) is 2.52. The van der Waals surface area contributed by atoms with Crippen LogP contribution in [-0.2, 0) is 19.9 Å². The van der Waals surface area contributed by atoms with Crippen LogP contribution in [0.5, 0.6) is 0 Å². The van der Waals surface area contributed by atoms with Gasteiger partial charge in [0.15, 0.2) is 0 Å². The number of aliphatic carboxylic acids is 1. The Morgan fingerprint density at radius 1 is 1.67 bits per heavy atom. The van der Waals surface area contributed by atoms with E-state index in [0.29, 0.717) is 5.23 Å². The zero-order chi connectivity index (χ0) is 10.1. The molecule has 0 heterocycles. The van der Waals surface area contributed by atoms with E-state index < -0.39 is 22.3 Å². The van der Waals surface area contributed by atoms with Crippen LogP contribution in [0.1, 0.15) is 0 Å². The number of carbonyl (C=O) groups excluding carboxylic acids is 1. The fourth-order valence-electron chi connectivity index (χ4n) is 0.0781. The average Bonchev–Trinajstić information content (AvgIpc) is 2.04. The molecule has 0 spiro atoms. The third-order valence-corrected chi connectivity index (χ3v) is 1.11. The van der Waals surface area contributed by atoms with Gasteiger partial charge in [0.25, 0.3) is 5.23 Å². The van der Waals surface area contributed by atoms with Crippen molar-refractivity contribution in [3.63, 3.8) is 0 Å². The molecule has 8 heteroatoms. The lowest BCUT2D eigenvalue weighted by Gasteiger charge is -1.96. The summed E-state index contributed by atoms with van der Waals surface area (Å²) in [5.41, 5.74) is 4.94. The van der Waals surface area contributed by atoms with E-state index in [-0.39, 0.29) is 5.75 Å². The summed E-state index contributed by atoms with van der Waals surface area (Å²) in [6, 6.07) is -0.816. The van der Waals surface area contributed by atoms with Crippen LogP contribution in [0.3, 0.4) is 0 Å². The van der Waals surface area contributed by atoms with Crippen LogP contribution in [0.15, 0.2) is 0 Å². The minimum absolute atomic E-state index is 0.190. The van der Waals surface area contributed by atoms with Crippen LogP contribution in [0.2, 0.25) is 0 Å². The maximum absolute atomic E-state index is 9.76. The van der Waals surface area contributed by atoms with E-state index in [1.54, 1.807) is 0 Å². The fraction of sp³-hybridized carbons (Fsp3) is 0.500. The van der Waals surface area contributed by atoms with Crippen LogP contribution in [0.25, 0.3) is 0 Å². The van der Waals surface area contributed by atoms with E-state index in [1.807, 2.05) is 0 Å². The molecule has 0 aromatic carbocycles. The predicted octanol–water partition coefficient (Wildman–Crippen LogP) is -1.74. The largest absolute Gasteiger partial charge is 0.480 e. The smallest absolute Gasteiger partial charge is 0.321 e. The van der Waals surface area contributed by atoms with E-state index in [0.717, 1.165) is 0 Å². The van der Waals surface area contributed by atoms with Gasteiger partial charge in [-0.05, 0) is 0 Å². The van der Waals surface area contributed by atoms with Crippen molar-refractivity contribution in [2.45, 2.75) is 6.04 Å². The molecule has 6 nitrogen and oxygen atoms in total. The lowest BCUT2D eigenvalue weighted by atomic mass is 10.4. The van der Waals surface area contributed by atoms with Gasteiger partial charge in [-0.3, -0.25) is 4.79 Å². The summed E-state index contributed by atoms with van der Waals surface area (Å²) < 4.78 is 17.9. The monoisotopic (exact) mass is 213 g/mol. The Morgan fingerprint density at radius 3 is 2.00 bits per heavy atom. The first kappa shape index (κ1) is 13.7. The number of carboxylic acid groups (broad SMARTS) is 1. The zero-order valence-corrected chi connectivity index (χ0v) is 7.51. The second-order valence-corrected chi connectivity index (χ2v) is 2.45. The van der Waals surface area contributed by atoms with Crippen molar-refractivity contribution in [2.75, 3.05) is 5.75 Å². The van der Waals surface area contributed by atoms with Crippen LogP contribution in [-0.4, -0.2) is 36.5 Å². The Kier molecular flexibility index (Phi) is 9.48. The van der Waals surface area contributed by atoms with Gasteiger partial charge in [-0.2, -0.15) is 21.0 Å². The van der Waals surface area contributed by atoms with Crippen LogP contribution in [0, 0.1) is 0 Å². The Morgan fingerprint density at radius 2 is 2.00 bits per heavy atom. The Bertz CT molecular complexity index is 270. The highest BCUT2D eigenvalue weighted by Gasteiger charge is 2.06. The molecule has 70 valence electrons. The SMILES string of the molecule is NC(CS)C(=O)O.O=C=S(=O)=O. The summed E-state index contributed by atoms with van der Waals surface area (Å²) in [6.45, 7) is 0. The molecule has 0 bridgehead atoms. The van der Waals surface area contributed by atoms with Gasteiger partial charge < -0.3 is 10.8 Å². The Balaban J connectivity index is 0. The third kappa shape index (κ3) is 11.9. The molecule has 0 saturated carbocycles. The van der Waals surface area contributed by atoms with Gasteiger partial charge in [-0.15, -0.1) is 0 Å². The molecule has 0 saturated heterocycles. The second kappa shape index (κ2) is 8.28. The molecule has 3 N–H and O–H groups in total. The van der Waals surface area contributed by atoms with Crippen molar-refractivity contribution < 1.29 is 23.1 Å². The summed E-state index contributed by atoms with van der Waals surface area (Å²) in [6.07, 6.45) is 0. The molecule has 0 aromatic rings. The van der Waals surface area contributed by atoms with Crippen molar-refractivity contribution in [2.24, 2.45) is 5.73 Å². The van der Waals surface area contributed by atoms with Crippen molar-refractivity contribution >= 4 is 34.1 Å². The quantitative estimate of drug-likeness (QED) is 0.370. The molecular formula is C4H7NO5S2. The number of nitrogens with two attached hydrogens (primary N) is 1. The molecule has 1 atom stereocenters. The average molecular weight is 213 g/mol. The standard InChI is InChI=1S/C3H7NO2S.CO3S/c4-2(1-7)3(5)6;2-1-5(3)4/h2,7H,1,4H2,(H,5,6);. The molecule has 0 radical (unpaired) electrons. The van der Waals surface area contributed by atoms with E-state index in [9.17, 15) is 4.79 Å². The van der Waals surface area contributed by atoms with Crippen molar-refractivity contribution in [3.8, 4) is 0 Å². The minimum Gasteiger partial charge on any atom is -0.480 e. The van der Waals surface area contributed by atoms with Crippen LogP contribution < -0.4 is 5.73 Å². The first-order chi connectivity index (χ1) is 5.45. The lowest BCUT2D eigenvalue weighted by Crippen LogP contribution is -2.31. The number of thiol groups is 1. The number of carboxylic acids is 1. The van der Waals surface area contributed by atoms with Crippen molar-refractivity contribution in [1.82, 2.24) is 0 Å². The summed E-state index contributed by atoms with van der Waals surface area (Å²) >= 11 is 3.65. The molecular weight excluding hydrogens is 206 g/mol. The lowest BCUT2D eigenvalue weighted by molar-refractivity contribution is -0.137. The second-order valence-electron chi connectivity index (χ2n) is 1.45. The van der Waals surface area contributed by atoms with Crippen molar-refractivity contribution in [3.05, 3.63) is 0 Å². The topological polar surface area (TPSA) is 115 Å². The molecule has 0 fully saturated rings. The van der Waals surface area contributed by atoms with E-state index >= 15 is 0 Å². The van der Waals surface area contributed by atoms with E-state index in [4.69, 9.17) is 24.1 Å². The number of hydrogen-bond donors (Lipinski definition) is 3. The maximum Gasteiger partial charge on any atom is 0.321 e. The van der Waals surface area contributed by atoms with E-state index in [1.165, 1.54) is 0 Å². The molecule has 0 aliphatic rings. The van der Waals surface area contributed by atoms with Gasteiger partial charge in [0.1, 0.15) is 6.04 Å². The van der Waals surface area contributed by atoms with Gasteiger partial charge in [0.05, 0.1) is 0 Å². The fourth-order valence-corrected chi connectivity index (χ4v) is 0.234. The first-order valence-corrected chi connectivity index (χ1v) is 4.22. The van der Waals surface area contributed by atoms with Gasteiger partial charge in [-0.1, -0.05) is 0 Å². The highest BCUT2D eigenvalue weighted by atomic mass is 32.2. The number of carbonyl (C=O) groups is 1. The Hall–Kier alpha value is -0.820. The minimum atomic E-state index is -2.63.